The van der Waals surface area contributed by atoms with Gasteiger partial charge in [0, 0.05) is 18.2 Å². The van der Waals surface area contributed by atoms with Gasteiger partial charge in [-0.25, -0.2) is 0 Å². The van der Waals surface area contributed by atoms with E-state index in [1.807, 2.05) is 45.0 Å². The van der Waals surface area contributed by atoms with Crippen molar-refractivity contribution in [3.8, 4) is 5.75 Å². The first-order chi connectivity index (χ1) is 14.6. The Kier molecular flexibility index (Phi) is 10.00. The summed E-state index contributed by atoms with van der Waals surface area (Å²) in [6, 6.07) is 10.7. The zero-order valence-electron chi connectivity index (χ0n) is 18.7. The second-order valence-electron chi connectivity index (χ2n) is 7.65. The van der Waals surface area contributed by atoms with Crippen LogP contribution in [0.25, 0.3) is 0 Å². The molecule has 1 atom stereocenters. The lowest BCUT2D eigenvalue weighted by Gasteiger charge is -2.25. The van der Waals surface area contributed by atoms with E-state index in [1.54, 1.807) is 12.1 Å². The van der Waals surface area contributed by atoms with Crippen LogP contribution < -0.4 is 21.5 Å². The van der Waals surface area contributed by atoms with Crippen LogP contribution in [-0.4, -0.2) is 30.9 Å². The lowest BCUT2D eigenvalue weighted by atomic mass is 9.93. The molecule has 0 aliphatic carbocycles. The van der Waals surface area contributed by atoms with Crippen LogP contribution in [0.4, 0.5) is 5.69 Å². The highest BCUT2D eigenvalue weighted by atomic mass is 35.5. The Morgan fingerprint density at radius 3 is 2.22 bits per heavy atom. The van der Waals surface area contributed by atoms with Gasteiger partial charge in [-0.1, -0.05) is 13.8 Å². The summed E-state index contributed by atoms with van der Waals surface area (Å²) in [6.45, 7) is 7.28. The minimum Gasteiger partial charge on any atom is -0.483 e. The summed E-state index contributed by atoms with van der Waals surface area (Å²) < 4.78 is 10.9. The van der Waals surface area contributed by atoms with Crippen LogP contribution in [0.3, 0.4) is 0 Å². The Morgan fingerprint density at radius 2 is 1.72 bits per heavy atom. The number of benzene rings is 2. The maximum absolute atomic E-state index is 11.5. The maximum Gasteiger partial charge on any atom is 0.302 e. The number of hydrogen-bond acceptors (Lipinski definition) is 6. The first-order valence-corrected chi connectivity index (χ1v) is 9.98. The second-order valence-corrected chi connectivity index (χ2v) is 7.65. The Balaban J connectivity index is 0.00000512. The number of primary amides is 1. The molecule has 0 aromatic heterocycles. The standard InChI is InChI=1S/C23H30N4O4.ClH/c1-13(2)18-10-19(14(3)9-21(18)31-12-22(24)29)20(11-30-15(4)28)27-17-7-5-16(6-8-17)23(25)26;/h5-10,13,20,27H,11-12H2,1-4H3,(H2,24,29)(H3,25,26);1H. The van der Waals surface area contributed by atoms with Gasteiger partial charge in [0.1, 0.15) is 18.2 Å². The van der Waals surface area contributed by atoms with Gasteiger partial charge in [0.25, 0.3) is 5.91 Å². The second kappa shape index (κ2) is 12.0. The summed E-state index contributed by atoms with van der Waals surface area (Å²) in [5.74, 6) is -0.188. The Morgan fingerprint density at radius 1 is 1.09 bits per heavy atom. The number of anilines is 1. The highest BCUT2D eigenvalue weighted by Crippen LogP contribution is 2.33. The number of nitrogen functional groups attached to an aromatic ring is 1. The van der Waals surface area contributed by atoms with E-state index in [2.05, 4.69) is 5.32 Å². The summed E-state index contributed by atoms with van der Waals surface area (Å²) in [5, 5.41) is 10.9. The van der Waals surface area contributed by atoms with Crippen LogP contribution >= 0.6 is 12.4 Å². The lowest BCUT2D eigenvalue weighted by Crippen LogP contribution is -2.22. The van der Waals surface area contributed by atoms with Gasteiger partial charge in [-0.05, 0) is 65.9 Å². The number of halogens is 1. The zero-order valence-corrected chi connectivity index (χ0v) is 19.5. The number of ether oxygens (including phenoxy) is 2. The van der Waals surface area contributed by atoms with Crippen molar-refractivity contribution >= 4 is 35.8 Å². The van der Waals surface area contributed by atoms with E-state index in [9.17, 15) is 9.59 Å². The number of hydrogen-bond donors (Lipinski definition) is 4. The smallest absolute Gasteiger partial charge is 0.302 e. The van der Waals surface area contributed by atoms with E-state index in [0.29, 0.717) is 11.3 Å². The summed E-state index contributed by atoms with van der Waals surface area (Å²) in [6.07, 6.45) is 0. The van der Waals surface area contributed by atoms with E-state index >= 15 is 0 Å². The van der Waals surface area contributed by atoms with Crippen molar-refractivity contribution in [3.05, 3.63) is 58.7 Å². The summed E-state index contributed by atoms with van der Waals surface area (Å²) >= 11 is 0. The largest absolute Gasteiger partial charge is 0.483 e. The van der Waals surface area contributed by atoms with Crippen molar-refractivity contribution in [1.29, 1.82) is 5.41 Å². The average molecular weight is 463 g/mol. The average Bonchev–Trinajstić information content (AvgIpc) is 2.69. The summed E-state index contributed by atoms with van der Waals surface area (Å²) in [5.41, 5.74) is 14.9. The topological polar surface area (TPSA) is 141 Å². The van der Waals surface area contributed by atoms with Crippen molar-refractivity contribution in [1.82, 2.24) is 0 Å². The fraction of sp³-hybridized carbons (Fsp3) is 0.348. The molecular formula is C23H31ClN4O4. The SMILES string of the molecule is CC(=O)OCC(Nc1ccc(C(=N)N)cc1)c1cc(C(C)C)c(OCC(N)=O)cc1C.Cl. The van der Waals surface area contributed by atoms with Crippen LogP contribution in [0.2, 0.25) is 0 Å². The molecule has 1 amide bonds. The molecule has 0 heterocycles. The quantitative estimate of drug-likeness (QED) is 0.242. The van der Waals surface area contributed by atoms with Crippen molar-refractivity contribution in [2.45, 2.75) is 39.7 Å². The molecule has 0 saturated carbocycles. The van der Waals surface area contributed by atoms with Gasteiger partial charge in [0.15, 0.2) is 6.61 Å². The molecular weight excluding hydrogens is 432 g/mol. The molecule has 0 aliphatic rings. The van der Waals surface area contributed by atoms with E-state index in [4.69, 9.17) is 26.4 Å². The normalized spacial score (nSPS) is 11.3. The van der Waals surface area contributed by atoms with Gasteiger partial charge in [-0.15, -0.1) is 12.4 Å². The molecule has 0 bridgehead atoms. The van der Waals surface area contributed by atoms with E-state index in [1.165, 1.54) is 6.92 Å². The van der Waals surface area contributed by atoms with E-state index < -0.39 is 5.91 Å². The number of carbonyl (C=O) groups excluding carboxylic acids is 2. The number of esters is 1. The highest BCUT2D eigenvalue weighted by molar-refractivity contribution is 5.95. The molecule has 0 fully saturated rings. The number of amidine groups is 1. The molecule has 9 heteroatoms. The van der Waals surface area contributed by atoms with Crippen molar-refractivity contribution in [2.24, 2.45) is 11.5 Å². The number of rotatable bonds is 10. The molecule has 2 aromatic rings. The Bertz CT molecular complexity index is 961. The third-order valence-corrected chi connectivity index (χ3v) is 4.76. The molecule has 0 saturated heterocycles. The number of nitrogens with two attached hydrogens (primary N) is 2. The van der Waals surface area contributed by atoms with Crippen LogP contribution in [0, 0.1) is 12.3 Å². The molecule has 2 rings (SSSR count). The first-order valence-electron chi connectivity index (χ1n) is 9.98. The Labute approximate surface area is 194 Å². The molecule has 2 aromatic carbocycles. The van der Waals surface area contributed by atoms with Crippen LogP contribution in [0.5, 0.6) is 5.75 Å². The highest BCUT2D eigenvalue weighted by Gasteiger charge is 2.20. The monoisotopic (exact) mass is 462 g/mol. The summed E-state index contributed by atoms with van der Waals surface area (Å²) in [4.78, 5) is 22.6. The van der Waals surface area contributed by atoms with Crippen molar-refractivity contribution in [2.75, 3.05) is 18.5 Å². The summed E-state index contributed by atoms with van der Waals surface area (Å²) in [7, 11) is 0. The maximum atomic E-state index is 11.5. The van der Waals surface area contributed by atoms with Gasteiger partial charge >= 0.3 is 5.97 Å². The third kappa shape index (κ3) is 7.46. The van der Waals surface area contributed by atoms with Gasteiger partial charge in [0.05, 0.1) is 6.04 Å². The first kappa shape index (κ1) is 26.8. The predicted molar refractivity (Wildman–Crippen MR) is 128 cm³/mol. The minimum absolute atomic E-state index is 0. The molecule has 0 aliphatic heterocycles. The number of carbonyl (C=O) groups is 2. The minimum atomic E-state index is -0.542. The Hall–Kier alpha value is -3.26. The van der Waals surface area contributed by atoms with Gasteiger partial charge in [-0.3, -0.25) is 15.0 Å². The molecule has 174 valence electrons. The van der Waals surface area contributed by atoms with Crippen LogP contribution in [0.15, 0.2) is 36.4 Å². The van der Waals surface area contributed by atoms with E-state index in [-0.39, 0.29) is 49.4 Å². The fourth-order valence-electron chi connectivity index (χ4n) is 3.17. The molecule has 32 heavy (non-hydrogen) atoms. The molecule has 0 spiro atoms. The van der Waals surface area contributed by atoms with Crippen molar-refractivity contribution in [3.63, 3.8) is 0 Å². The third-order valence-electron chi connectivity index (χ3n) is 4.76. The van der Waals surface area contributed by atoms with Gasteiger partial charge in [0.2, 0.25) is 0 Å². The zero-order chi connectivity index (χ0) is 23.1. The predicted octanol–water partition coefficient (Wildman–Crippen LogP) is 3.40. The van der Waals surface area contributed by atoms with Crippen molar-refractivity contribution < 1.29 is 19.1 Å². The molecule has 0 radical (unpaired) electrons. The van der Waals surface area contributed by atoms with Gasteiger partial charge in [-0.2, -0.15) is 0 Å². The molecule has 8 nitrogen and oxygen atoms in total. The lowest BCUT2D eigenvalue weighted by molar-refractivity contribution is -0.141. The number of nitrogens with one attached hydrogen (secondary N) is 2. The van der Waals surface area contributed by atoms with Crippen LogP contribution in [0.1, 0.15) is 55.0 Å². The number of aryl methyl sites for hydroxylation is 1. The molecule has 1 unspecified atom stereocenters. The number of amides is 1. The van der Waals surface area contributed by atoms with Crippen LogP contribution in [-0.2, 0) is 14.3 Å². The fourth-order valence-corrected chi connectivity index (χ4v) is 3.17. The van der Waals surface area contributed by atoms with E-state index in [0.717, 1.165) is 22.4 Å². The van der Waals surface area contributed by atoms with Gasteiger partial charge < -0.3 is 26.3 Å². The molecule has 6 N–H and O–H groups in total.